The molecule has 1 amide bonds. The van der Waals surface area contributed by atoms with E-state index in [0.717, 1.165) is 11.3 Å². The summed E-state index contributed by atoms with van der Waals surface area (Å²) in [4.78, 5) is 27.5. The first-order chi connectivity index (χ1) is 11.0. The average molecular weight is 357 g/mol. The zero-order valence-electron chi connectivity index (χ0n) is 13.3. The van der Waals surface area contributed by atoms with Gasteiger partial charge in [-0.05, 0) is 20.0 Å². The number of rotatable bonds is 6. The van der Waals surface area contributed by atoms with Crippen LogP contribution in [0.1, 0.15) is 17.9 Å². The Morgan fingerprint density at radius 2 is 2.13 bits per heavy atom. The molecule has 0 spiro atoms. The van der Waals surface area contributed by atoms with E-state index < -0.39 is 0 Å². The van der Waals surface area contributed by atoms with Crippen molar-refractivity contribution in [2.24, 2.45) is 0 Å². The van der Waals surface area contributed by atoms with Gasteiger partial charge in [-0.3, -0.25) is 14.5 Å². The molecule has 0 aromatic heterocycles. The predicted octanol–water partition coefficient (Wildman–Crippen LogP) is 2.41. The zero-order chi connectivity index (χ0) is 16.8. The van der Waals surface area contributed by atoms with Gasteiger partial charge in [-0.25, -0.2) is 0 Å². The normalized spacial score (nSPS) is 17.6. The van der Waals surface area contributed by atoms with Gasteiger partial charge in [0.25, 0.3) is 0 Å². The molecule has 23 heavy (non-hydrogen) atoms. The molecule has 0 aliphatic carbocycles. The van der Waals surface area contributed by atoms with Crippen molar-refractivity contribution in [3.63, 3.8) is 0 Å². The highest BCUT2D eigenvalue weighted by Gasteiger charge is 2.32. The van der Waals surface area contributed by atoms with Crippen LogP contribution in [0, 0.1) is 0 Å². The number of hydrogen-bond acceptors (Lipinski definition) is 5. The van der Waals surface area contributed by atoms with Gasteiger partial charge in [-0.15, -0.1) is 11.8 Å². The van der Waals surface area contributed by atoms with Gasteiger partial charge in [0.1, 0.15) is 5.37 Å². The van der Waals surface area contributed by atoms with Crippen molar-refractivity contribution in [2.75, 3.05) is 39.0 Å². The molecule has 1 aliphatic heterocycles. The summed E-state index contributed by atoms with van der Waals surface area (Å²) in [6.45, 7) is 3.08. The van der Waals surface area contributed by atoms with Gasteiger partial charge in [-0.2, -0.15) is 0 Å². The molecule has 0 saturated carbocycles. The van der Waals surface area contributed by atoms with Crippen LogP contribution in [0.4, 0.5) is 0 Å². The van der Waals surface area contributed by atoms with E-state index in [-0.39, 0.29) is 30.3 Å². The van der Waals surface area contributed by atoms with Gasteiger partial charge < -0.3 is 9.64 Å². The molecule has 7 heteroatoms. The predicted molar refractivity (Wildman–Crippen MR) is 92.5 cm³/mol. The van der Waals surface area contributed by atoms with Crippen LogP contribution in [0.15, 0.2) is 24.3 Å². The van der Waals surface area contributed by atoms with Gasteiger partial charge in [0.15, 0.2) is 0 Å². The number of esters is 1. The molecule has 1 unspecified atom stereocenters. The number of carbonyl (C=O) groups is 2. The number of nitrogens with zero attached hydrogens (tertiary/aromatic N) is 2. The molecule has 0 bridgehead atoms. The Bertz CT molecular complexity index is 570. The third-order valence-corrected chi connectivity index (χ3v) is 5.08. The minimum atomic E-state index is -0.318. The van der Waals surface area contributed by atoms with Crippen LogP contribution in [0.3, 0.4) is 0 Å². The average Bonchev–Trinajstić information content (AvgIpc) is 2.97. The summed E-state index contributed by atoms with van der Waals surface area (Å²) in [5.74, 6) is 0.552. The highest BCUT2D eigenvalue weighted by Crippen LogP contribution is 2.40. The van der Waals surface area contributed by atoms with Crippen molar-refractivity contribution < 1.29 is 14.3 Å². The van der Waals surface area contributed by atoms with Crippen LogP contribution in [0.2, 0.25) is 5.02 Å². The van der Waals surface area contributed by atoms with E-state index >= 15 is 0 Å². The fraction of sp³-hybridized carbons (Fsp3) is 0.500. The van der Waals surface area contributed by atoms with Crippen LogP contribution in [-0.4, -0.2) is 60.7 Å². The van der Waals surface area contributed by atoms with Gasteiger partial charge in [0.05, 0.1) is 19.7 Å². The molecule has 2 rings (SSSR count). The summed E-state index contributed by atoms with van der Waals surface area (Å²) in [6.07, 6.45) is 0. The van der Waals surface area contributed by atoms with Crippen LogP contribution in [-0.2, 0) is 14.3 Å². The largest absolute Gasteiger partial charge is 0.465 e. The van der Waals surface area contributed by atoms with Crippen LogP contribution < -0.4 is 0 Å². The molecule has 5 nitrogen and oxygen atoms in total. The lowest BCUT2D eigenvalue weighted by atomic mass is 10.2. The molecular weight excluding hydrogens is 336 g/mol. The van der Waals surface area contributed by atoms with Crippen molar-refractivity contribution in [2.45, 2.75) is 12.3 Å². The second kappa shape index (κ2) is 8.57. The summed E-state index contributed by atoms with van der Waals surface area (Å²) in [5.41, 5.74) is 0.957. The maximum Gasteiger partial charge on any atom is 0.320 e. The monoisotopic (exact) mass is 356 g/mol. The Kier molecular flexibility index (Phi) is 6.74. The summed E-state index contributed by atoms with van der Waals surface area (Å²) in [6, 6.07) is 7.60. The fourth-order valence-electron chi connectivity index (χ4n) is 2.46. The minimum Gasteiger partial charge on any atom is -0.465 e. The second-order valence-electron chi connectivity index (χ2n) is 5.31. The Hall–Kier alpha value is -1.24. The molecule has 1 aliphatic rings. The smallest absolute Gasteiger partial charge is 0.320 e. The Labute approximate surface area is 145 Å². The van der Waals surface area contributed by atoms with E-state index in [1.807, 2.05) is 29.2 Å². The van der Waals surface area contributed by atoms with Crippen LogP contribution in [0.5, 0.6) is 0 Å². The number of benzene rings is 1. The molecule has 0 radical (unpaired) electrons. The number of ether oxygens (including phenoxy) is 1. The quantitative estimate of drug-likeness (QED) is 0.733. The summed E-state index contributed by atoms with van der Waals surface area (Å²) in [7, 11) is 1.74. The number of likely N-dealkylation sites (N-methyl/N-ethyl adjacent to an activating group) is 1. The third-order valence-electron chi connectivity index (χ3n) is 3.49. The van der Waals surface area contributed by atoms with Crippen molar-refractivity contribution in [3.05, 3.63) is 34.9 Å². The SMILES string of the molecule is CCOC(=O)CN(C)CC(=O)N1CCSC1c1ccccc1Cl. The lowest BCUT2D eigenvalue weighted by Gasteiger charge is -2.26. The van der Waals surface area contributed by atoms with E-state index in [1.54, 1.807) is 30.6 Å². The summed E-state index contributed by atoms with van der Waals surface area (Å²) < 4.78 is 4.90. The molecule has 0 N–H and O–H groups in total. The zero-order valence-corrected chi connectivity index (χ0v) is 14.9. The lowest BCUT2D eigenvalue weighted by Crippen LogP contribution is -2.40. The first-order valence-electron chi connectivity index (χ1n) is 7.52. The third kappa shape index (κ3) is 4.86. The number of hydrogen-bond donors (Lipinski definition) is 0. The molecule has 1 atom stereocenters. The molecule has 1 saturated heterocycles. The lowest BCUT2D eigenvalue weighted by molar-refractivity contribution is -0.144. The van der Waals surface area contributed by atoms with Crippen molar-refractivity contribution in [3.8, 4) is 0 Å². The van der Waals surface area contributed by atoms with Crippen molar-refractivity contribution in [1.82, 2.24) is 9.80 Å². The summed E-state index contributed by atoms with van der Waals surface area (Å²) in [5, 5.41) is 0.608. The topological polar surface area (TPSA) is 49.9 Å². The van der Waals surface area contributed by atoms with E-state index in [0.29, 0.717) is 18.2 Å². The maximum atomic E-state index is 12.6. The molecule has 126 valence electrons. The Morgan fingerprint density at radius 1 is 1.39 bits per heavy atom. The maximum absolute atomic E-state index is 12.6. The van der Waals surface area contributed by atoms with Crippen LogP contribution >= 0.6 is 23.4 Å². The molecule has 1 aromatic carbocycles. The Morgan fingerprint density at radius 3 is 2.83 bits per heavy atom. The van der Waals surface area contributed by atoms with Gasteiger partial charge in [0, 0.05) is 22.9 Å². The highest BCUT2D eigenvalue weighted by atomic mass is 35.5. The molecular formula is C16H21ClN2O3S. The van der Waals surface area contributed by atoms with Crippen molar-refractivity contribution in [1.29, 1.82) is 0 Å². The van der Waals surface area contributed by atoms with Gasteiger partial charge in [0.2, 0.25) is 5.91 Å². The Balaban J connectivity index is 1.98. The summed E-state index contributed by atoms with van der Waals surface area (Å²) >= 11 is 7.97. The minimum absolute atomic E-state index is 0.00767. The van der Waals surface area contributed by atoms with E-state index in [1.165, 1.54) is 0 Å². The standard InChI is InChI=1S/C16H21ClN2O3S/c1-3-22-15(21)11-18(2)10-14(20)19-8-9-23-16(19)12-6-4-5-7-13(12)17/h4-7,16H,3,8-11H2,1-2H3. The molecule has 1 fully saturated rings. The van der Waals surface area contributed by atoms with E-state index in [2.05, 4.69) is 0 Å². The van der Waals surface area contributed by atoms with E-state index in [9.17, 15) is 9.59 Å². The second-order valence-corrected chi connectivity index (χ2v) is 6.90. The number of halogens is 1. The van der Waals surface area contributed by atoms with E-state index in [4.69, 9.17) is 16.3 Å². The van der Waals surface area contributed by atoms with Crippen molar-refractivity contribution >= 4 is 35.2 Å². The highest BCUT2D eigenvalue weighted by molar-refractivity contribution is 7.99. The van der Waals surface area contributed by atoms with Crippen LogP contribution in [0.25, 0.3) is 0 Å². The number of carbonyl (C=O) groups excluding carboxylic acids is 2. The fourth-order valence-corrected chi connectivity index (χ4v) is 4.08. The molecule has 1 aromatic rings. The number of amides is 1. The first kappa shape index (κ1) is 18.1. The first-order valence-corrected chi connectivity index (χ1v) is 8.95. The van der Waals surface area contributed by atoms with Gasteiger partial charge in [-0.1, -0.05) is 29.8 Å². The van der Waals surface area contributed by atoms with Gasteiger partial charge >= 0.3 is 5.97 Å². The molecule has 1 heterocycles. The number of thioether (sulfide) groups is 1.